The van der Waals surface area contributed by atoms with Gasteiger partial charge in [0.25, 0.3) is 0 Å². The van der Waals surface area contributed by atoms with Gasteiger partial charge in [0.1, 0.15) is 0 Å². The summed E-state index contributed by atoms with van der Waals surface area (Å²) in [6.45, 7) is 4.01. The van der Waals surface area contributed by atoms with Crippen LogP contribution in [0.2, 0.25) is 0 Å². The highest BCUT2D eigenvalue weighted by Gasteiger charge is 2.32. The van der Waals surface area contributed by atoms with Crippen molar-refractivity contribution in [2.24, 2.45) is 5.73 Å². The summed E-state index contributed by atoms with van der Waals surface area (Å²) >= 11 is 3.57. The monoisotopic (exact) mass is 340 g/mol. The van der Waals surface area contributed by atoms with Crippen LogP contribution in [0.1, 0.15) is 37.8 Å². The highest BCUT2D eigenvalue weighted by Crippen LogP contribution is 2.32. The van der Waals surface area contributed by atoms with Crippen molar-refractivity contribution in [2.45, 2.75) is 44.4 Å². The van der Waals surface area contributed by atoms with Gasteiger partial charge in [0.15, 0.2) is 0 Å². The van der Waals surface area contributed by atoms with Crippen LogP contribution in [0.5, 0.6) is 0 Å². The van der Waals surface area contributed by atoms with Crippen molar-refractivity contribution >= 4 is 15.9 Å². The van der Waals surface area contributed by atoms with Gasteiger partial charge in [-0.25, -0.2) is 0 Å². The number of nitrogens with two attached hydrogens (primary N) is 1. The number of hydrogen-bond donors (Lipinski definition) is 1. The Morgan fingerprint density at radius 1 is 1.50 bits per heavy atom. The number of hydrogen-bond acceptors (Lipinski definition) is 3. The van der Waals surface area contributed by atoms with Crippen LogP contribution in [-0.2, 0) is 4.74 Å². The third kappa shape index (κ3) is 3.61. The van der Waals surface area contributed by atoms with E-state index in [0.29, 0.717) is 24.7 Å². The molecule has 0 aliphatic carbocycles. The molecular weight excluding hydrogens is 316 g/mol. The lowest BCUT2D eigenvalue weighted by atomic mass is 9.93. The van der Waals surface area contributed by atoms with Gasteiger partial charge in [0.2, 0.25) is 0 Å². The molecule has 3 nitrogen and oxygen atoms in total. The Morgan fingerprint density at radius 2 is 2.30 bits per heavy atom. The van der Waals surface area contributed by atoms with Crippen LogP contribution < -0.4 is 5.73 Å². The molecule has 1 saturated heterocycles. The molecule has 1 aromatic rings. The summed E-state index contributed by atoms with van der Waals surface area (Å²) in [6.07, 6.45) is 3.60. The van der Waals surface area contributed by atoms with E-state index in [1.165, 1.54) is 5.56 Å². The van der Waals surface area contributed by atoms with Crippen LogP contribution >= 0.6 is 15.9 Å². The Hall–Kier alpha value is -0.420. The lowest BCUT2D eigenvalue weighted by Crippen LogP contribution is -2.49. The zero-order valence-electron chi connectivity index (χ0n) is 12.4. The normalized spacial score (nSPS) is 25.6. The molecule has 0 amide bonds. The van der Waals surface area contributed by atoms with E-state index in [-0.39, 0.29) is 0 Å². The standard InChI is InChI=1S/C16H25BrN2O/c1-3-16(12-5-4-6-13(17)9-12)19-8-7-15(20-2)10-14(19)11-18/h4-6,9,14-16H,3,7-8,10-11,18H2,1-2H3. The Balaban J connectivity index is 2.18. The summed E-state index contributed by atoms with van der Waals surface area (Å²) in [5, 5.41) is 0. The predicted octanol–water partition coefficient (Wildman–Crippen LogP) is 3.34. The molecule has 4 heteroatoms. The molecule has 0 aromatic heterocycles. The fraction of sp³-hybridized carbons (Fsp3) is 0.625. The van der Waals surface area contributed by atoms with Gasteiger partial charge >= 0.3 is 0 Å². The maximum Gasteiger partial charge on any atom is 0.0599 e. The maximum absolute atomic E-state index is 6.00. The molecule has 1 aliphatic heterocycles. The van der Waals surface area contributed by atoms with Gasteiger partial charge in [0, 0.05) is 36.8 Å². The average Bonchev–Trinajstić information content (AvgIpc) is 2.48. The molecule has 0 radical (unpaired) electrons. The molecule has 3 atom stereocenters. The molecule has 20 heavy (non-hydrogen) atoms. The van der Waals surface area contributed by atoms with Gasteiger partial charge in [-0.1, -0.05) is 35.0 Å². The van der Waals surface area contributed by atoms with Gasteiger partial charge in [-0.05, 0) is 37.0 Å². The van der Waals surface area contributed by atoms with E-state index >= 15 is 0 Å². The molecule has 0 spiro atoms. The van der Waals surface area contributed by atoms with Gasteiger partial charge in [-0.2, -0.15) is 0 Å². The number of rotatable bonds is 5. The molecule has 1 heterocycles. The molecule has 1 aliphatic rings. The summed E-state index contributed by atoms with van der Waals surface area (Å²) in [6, 6.07) is 9.49. The quantitative estimate of drug-likeness (QED) is 0.893. The second kappa shape index (κ2) is 7.55. The summed E-state index contributed by atoms with van der Waals surface area (Å²) in [4.78, 5) is 2.57. The minimum atomic E-state index is 0.361. The number of nitrogens with zero attached hydrogens (tertiary/aromatic N) is 1. The van der Waals surface area contributed by atoms with Gasteiger partial charge < -0.3 is 10.5 Å². The minimum absolute atomic E-state index is 0.361. The summed E-state index contributed by atoms with van der Waals surface area (Å²) in [5.74, 6) is 0. The predicted molar refractivity (Wildman–Crippen MR) is 86.8 cm³/mol. The Bertz CT molecular complexity index is 427. The van der Waals surface area contributed by atoms with E-state index < -0.39 is 0 Å². The van der Waals surface area contributed by atoms with E-state index in [1.807, 2.05) is 0 Å². The average molecular weight is 341 g/mol. The fourth-order valence-electron chi connectivity index (χ4n) is 3.26. The minimum Gasteiger partial charge on any atom is -0.381 e. The second-order valence-electron chi connectivity index (χ2n) is 5.49. The van der Waals surface area contributed by atoms with E-state index in [2.05, 4.69) is 52.0 Å². The van der Waals surface area contributed by atoms with Crippen molar-refractivity contribution in [3.05, 3.63) is 34.3 Å². The third-order valence-corrected chi connectivity index (χ3v) is 4.83. The zero-order chi connectivity index (χ0) is 14.5. The van der Waals surface area contributed by atoms with Crippen LogP contribution in [0.25, 0.3) is 0 Å². The SMILES string of the molecule is CCC(c1cccc(Br)c1)N1CCC(OC)CC1CN. The highest BCUT2D eigenvalue weighted by molar-refractivity contribution is 9.10. The maximum atomic E-state index is 6.00. The molecule has 0 saturated carbocycles. The lowest BCUT2D eigenvalue weighted by molar-refractivity contribution is -0.00555. The first-order chi connectivity index (χ1) is 9.69. The van der Waals surface area contributed by atoms with Crippen LogP contribution in [0.15, 0.2) is 28.7 Å². The highest BCUT2D eigenvalue weighted by atomic mass is 79.9. The van der Waals surface area contributed by atoms with Crippen molar-refractivity contribution in [2.75, 3.05) is 20.2 Å². The van der Waals surface area contributed by atoms with Gasteiger partial charge in [0.05, 0.1) is 6.10 Å². The van der Waals surface area contributed by atoms with Crippen molar-refractivity contribution < 1.29 is 4.74 Å². The lowest BCUT2D eigenvalue weighted by Gasteiger charge is -2.43. The number of ether oxygens (including phenoxy) is 1. The van der Waals surface area contributed by atoms with Gasteiger partial charge in [-0.3, -0.25) is 4.90 Å². The van der Waals surface area contributed by atoms with Crippen LogP contribution in [0, 0.1) is 0 Å². The first-order valence-corrected chi connectivity index (χ1v) is 8.23. The molecular formula is C16H25BrN2O. The topological polar surface area (TPSA) is 38.5 Å². The third-order valence-electron chi connectivity index (χ3n) is 4.34. The van der Waals surface area contributed by atoms with Crippen molar-refractivity contribution in [3.63, 3.8) is 0 Å². The first kappa shape index (κ1) is 16.0. The first-order valence-electron chi connectivity index (χ1n) is 7.43. The Labute approximate surface area is 130 Å². The van der Waals surface area contributed by atoms with E-state index in [1.54, 1.807) is 7.11 Å². The largest absolute Gasteiger partial charge is 0.381 e. The molecule has 1 aromatic carbocycles. The number of piperidine rings is 1. The Kier molecular flexibility index (Phi) is 6.02. The van der Waals surface area contributed by atoms with Crippen LogP contribution in [-0.4, -0.2) is 37.2 Å². The summed E-state index contributed by atoms with van der Waals surface area (Å²) < 4.78 is 6.66. The molecule has 0 bridgehead atoms. The molecule has 3 unspecified atom stereocenters. The number of methoxy groups -OCH3 is 1. The number of benzene rings is 1. The number of likely N-dealkylation sites (tertiary alicyclic amines) is 1. The molecule has 2 N–H and O–H groups in total. The van der Waals surface area contributed by atoms with Gasteiger partial charge in [-0.15, -0.1) is 0 Å². The van der Waals surface area contributed by atoms with Crippen LogP contribution in [0.3, 0.4) is 0 Å². The van der Waals surface area contributed by atoms with Crippen molar-refractivity contribution in [1.82, 2.24) is 4.90 Å². The molecule has 112 valence electrons. The van der Waals surface area contributed by atoms with E-state index in [4.69, 9.17) is 10.5 Å². The second-order valence-corrected chi connectivity index (χ2v) is 6.40. The summed E-state index contributed by atoms with van der Waals surface area (Å²) in [5.41, 5.74) is 7.38. The van der Waals surface area contributed by atoms with Crippen molar-refractivity contribution in [1.29, 1.82) is 0 Å². The molecule has 2 rings (SSSR count). The zero-order valence-corrected chi connectivity index (χ0v) is 14.0. The van der Waals surface area contributed by atoms with E-state index in [0.717, 1.165) is 30.3 Å². The Morgan fingerprint density at radius 3 is 2.90 bits per heavy atom. The van der Waals surface area contributed by atoms with E-state index in [9.17, 15) is 0 Å². The molecule has 1 fully saturated rings. The number of halogens is 1. The fourth-order valence-corrected chi connectivity index (χ4v) is 3.68. The smallest absolute Gasteiger partial charge is 0.0599 e. The van der Waals surface area contributed by atoms with Crippen molar-refractivity contribution in [3.8, 4) is 0 Å². The van der Waals surface area contributed by atoms with Crippen LogP contribution in [0.4, 0.5) is 0 Å². The summed E-state index contributed by atoms with van der Waals surface area (Å²) in [7, 11) is 1.81.